The van der Waals surface area contributed by atoms with Gasteiger partial charge in [-0.25, -0.2) is 0 Å². The fraction of sp³-hybridized carbons (Fsp3) is 0.368. The highest BCUT2D eigenvalue weighted by Crippen LogP contribution is 2.20. The lowest BCUT2D eigenvalue weighted by Crippen LogP contribution is -2.24. The molecule has 0 radical (unpaired) electrons. The van der Waals surface area contributed by atoms with Crippen LogP contribution in [0.25, 0.3) is 0 Å². The van der Waals surface area contributed by atoms with E-state index >= 15 is 0 Å². The normalized spacial score (nSPS) is 15.1. The molecule has 0 atom stereocenters. The number of benzene rings is 1. The number of aryl methyl sites for hydroxylation is 1. The topological polar surface area (TPSA) is 45.2 Å². The summed E-state index contributed by atoms with van der Waals surface area (Å²) in [5.41, 5.74) is 3.48. The average Bonchev–Trinajstić information content (AvgIpc) is 2.84. The molecule has 1 aromatic heterocycles. The third kappa shape index (κ3) is 4.09. The second-order valence-corrected chi connectivity index (χ2v) is 6.12. The smallest absolute Gasteiger partial charge is 0.274 e. The fourth-order valence-electron chi connectivity index (χ4n) is 2.99. The highest BCUT2D eigenvalue weighted by Gasteiger charge is 2.13. The van der Waals surface area contributed by atoms with E-state index in [1.54, 1.807) is 6.20 Å². The minimum absolute atomic E-state index is 0.160. The van der Waals surface area contributed by atoms with Crippen molar-refractivity contribution in [2.75, 3.05) is 23.3 Å². The number of rotatable bonds is 3. The zero-order valence-electron chi connectivity index (χ0n) is 13.6. The van der Waals surface area contributed by atoms with Gasteiger partial charge in [0, 0.05) is 30.7 Å². The molecular formula is C19H23N3O. The van der Waals surface area contributed by atoms with Gasteiger partial charge in [0.25, 0.3) is 5.91 Å². The van der Waals surface area contributed by atoms with Crippen LogP contribution in [-0.2, 0) is 0 Å². The van der Waals surface area contributed by atoms with E-state index in [1.807, 2.05) is 43.3 Å². The van der Waals surface area contributed by atoms with E-state index in [1.165, 1.54) is 25.7 Å². The van der Waals surface area contributed by atoms with Crippen molar-refractivity contribution in [1.82, 2.24) is 4.98 Å². The summed E-state index contributed by atoms with van der Waals surface area (Å²) in [6, 6.07) is 11.7. The van der Waals surface area contributed by atoms with Crippen LogP contribution in [0.1, 0.15) is 41.7 Å². The lowest BCUT2D eigenvalue weighted by Gasteiger charge is -2.22. The molecule has 23 heavy (non-hydrogen) atoms. The van der Waals surface area contributed by atoms with Crippen LogP contribution in [0.5, 0.6) is 0 Å². The Bertz CT molecular complexity index is 676. The number of hydrogen-bond acceptors (Lipinski definition) is 3. The molecule has 0 saturated carbocycles. The van der Waals surface area contributed by atoms with Crippen molar-refractivity contribution in [1.29, 1.82) is 0 Å². The summed E-state index contributed by atoms with van der Waals surface area (Å²) in [5.74, 6) is -0.160. The van der Waals surface area contributed by atoms with Crippen LogP contribution in [0.4, 0.5) is 11.4 Å². The van der Waals surface area contributed by atoms with Gasteiger partial charge in [-0.2, -0.15) is 0 Å². The van der Waals surface area contributed by atoms with Gasteiger partial charge in [0.2, 0.25) is 0 Å². The van der Waals surface area contributed by atoms with E-state index in [0.29, 0.717) is 5.69 Å². The van der Waals surface area contributed by atoms with Crippen LogP contribution in [-0.4, -0.2) is 24.0 Å². The molecule has 1 aliphatic heterocycles. The Hall–Kier alpha value is -2.36. The van der Waals surface area contributed by atoms with E-state index in [0.717, 1.165) is 30.0 Å². The molecule has 3 rings (SSSR count). The Morgan fingerprint density at radius 1 is 1.09 bits per heavy atom. The van der Waals surface area contributed by atoms with E-state index < -0.39 is 0 Å². The van der Waals surface area contributed by atoms with Crippen molar-refractivity contribution in [2.24, 2.45) is 0 Å². The molecule has 0 unspecified atom stereocenters. The Labute approximate surface area is 137 Å². The van der Waals surface area contributed by atoms with Gasteiger partial charge in [0.05, 0.1) is 0 Å². The van der Waals surface area contributed by atoms with Gasteiger partial charge < -0.3 is 10.2 Å². The first-order valence-corrected chi connectivity index (χ1v) is 8.31. The molecule has 2 aromatic rings. The van der Waals surface area contributed by atoms with Crippen LogP contribution in [0, 0.1) is 6.92 Å². The van der Waals surface area contributed by atoms with Gasteiger partial charge in [-0.3, -0.25) is 9.78 Å². The molecule has 1 N–H and O–H groups in total. The predicted octanol–water partition coefficient (Wildman–Crippen LogP) is 4.02. The number of anilines is 2. The largest absolute Gasteiger partial charge is 0.371 e. The van der Waals surface area contributed by atoms with Crippen LogP contribution in [0.15, 0.2) is 42.6 Å². The second-order valence-electron chi connectivity index (χ2n) is 6.12. The molecule has 0 bridgehead atoms. The van der Waals surface area contributed by atoms with Crippen molar-refractivity contribution in [3.05, 3.63) is 53.9 Å². The highest BCUT2D eigenvalue weighted by molar-refractivity contribution is 6.03. The van der Waals surface area contributed by atoms with Crippen molar-refractivity contribution < 1.29 is 4.79 Å². The van der Waals surface area contributed by atoms with Crippen LogP contribution < -0.4 is 10.2 Å². The number of carbonyl (C=O) groups is 1. The third-order valence-corrected chi connectivity index (χ3v) is 4.22. The quantitative estimate of drug-likeness (QED) is 0.931. The Morgan fingerprint density at radius 3 is 2.61 bits per heavy atom. The molecule has 1 aliphatic rings. The summed E-state index contributed by atoms with van der Waals surface area (Å²) in [4.78, 5) is 19.0. The van der Waals surface area contributed by atoms with Gasteiger partial charge in [-0.1, -0.05) is 25.0 Å². The summed E-state index contributed by atoms with van der Waals surface area (Å²) in [5, 5.41) is 2.92. The van der Waals surface area contributed by atoms with E-state index in [9.17, 15) is 4.79 Å². The average molecular weight is 309 g/mol. The van der Waals surface area contributed by atoms with Gasteiger partial charge in [-0.05, 0) is 49.6 Å². The Balaban J connectivity index is 1.74. The summed E-state index contributed by atoms with van der Waals surface area (Å²) >= 11 is 0. The minimum Gasteiger partial charge on any atom is -0.371 e. The van der Waals surface area contributed by atoms with Gasteiger partial charge >= 0.3 is 0 Å². The lowest BCUT2D eigenvalue weighted by atomic mass is 10.2. The molecule has 1 amide bonds. The second kappa shape index (κ2) is 7.27. The van der Waals surface area contributed by atoms with Gasteiger partial charge in [0.15, 0.2) is 0 Å². The number of nitrogens with zero attached hydrogens (tertiary/aromatic N) is 2. The van der Waals surface area contributed by atoms with E-state index in [2.05, 4.69) is 15.2 Å². The monoisotopic (exact) mass is 309 g/mol. The van der Waals surface area contributed by atoms with E-state index in [-0.39, 0.29) is 5.91 Å². The molecular weight excluding hydrogens is 286 g/mol. The molecule has 120 valence electrons. The summed E-state index contributed by atoms with van der Waals surface area (Å²) in [7, 11) is 0. The van der Waals surface area contributed by atoms with Crippen LogP contribution in [0.3, 0.4) is 0 Å². The van der Waals surface area contributed by atoms with Crippen LogP contribution >= 0.6 is 0 Å². The zero-order chi connectivity index (χ0) is 16.1. The maximum atomic E-state index is 12.4. The summed E-state index contributed by atoms with van der Waals surface area (Å²) < 4.78 is 0. The maximum absolute atomic E-state index is 12.4. The molecule has 1 aromatic carbocycles. The molecule has 1 saturated heterocycles. The molecule has 0 spiro atoms. The van der Waals surface area contributed by atoms with Crippen molar-refractivity contribution >= 4 is 17.3 Å². The Kier molecular flexibility index (Phi) is 4.91. The number of pyridine rings is 1. The Morgan fingerprint density at radius 2 is 1.87 bits per heavy atom. The molecule has 4 nitrogen and oxygen atoms in total. The first-order valence-electron chi connectivity index (χ1n) is 8.31. The third-order valence-electron chi connectivity index (χ3n) is 4.22. The summed E-state index contributed by atoms with van der Waals surface area (Å²) in [6.45, 7) is 4.12. The first kappa shape index (κ1) is 15.5. The lowest BCUT2D eigenvalue weighted by molar-refractivity contribution is 0.102. The first-order chi connectivity index (χ1) is 11.2. The van der Waals surface area contributed by atoms with Gasteiger partial charge in [-0.15, -0.1) is 0 Å². The maximum Gasteiger partial charge on any atom is 0.274 e. The number of amides is 1. The highest BCUT2D eigenvalue weighted by atomic mass is 16.1. The number of carbonyl (C=O) groups excluding carboxylic acids is 1. The number of nitrogens with one attached hydrogen (secondary N) is 1. The van der Waals surface area contributed by atoms with Crippen molar-refractivity contribution in [3.63, 3.8) is 0 Å². The zero-order valence-corrected chi connectivity index (χ0v) is 13.6. The molecule has 1 fully saturated rings. The summed E-state index contributed by atoms with van der Waals surface area (Å²) in [6.07, 6.45) is 6.75. The number of hydrogen-bond donors (Lipinski definition) is 1. The molecule has 0 aliphatic carbocycles. The molecule has 2 heterocycles. The minimum atomic E-state index is -0.160. The van der Waals surface area contributed by atoms with Gasteiger partial charge in [0.1, 0.15) is 5.69 Å². The molecule has 4 heteroatoms. The van der Waals surface area contributed by atoms with Crippen LogP contribution in [0.2, 0.25) is 0 Å². The van der Waals surface area contributed by atoms with Crippen molar-refractivity contribution in [2.45, 2.75) is 32.6 Å². The standard InChI is InChI=1S/C19H23N3O/c1-15-7-6-8-16(13-15)21-19(23)18-14-17(9-10-20-18)22-11-4-2-3-5-12-22/h6-10,13-14H,2-5,11-12H2,1H3,(H,21,23). The fourth-order valence-corrected chi connectivity index (χ4v) is 2.99. The number of aromatic nitrogens is 1. The van der Waals surface area contributed by atoms with Crippen molar-refractivity contribution in [3.8, 4) is 0 Å². The SMILES string of the molecule is Cc1cccc(NC(=O)c2cc(N3CCCCCC3)ccn2)c1. The van der Waals surface area contributed by atoms with E-state index in [4.69, 9.17) is 0 Å². The predicted molar refractivity (Wildman–Crippen MR) is 94.1 cm³/mol.